The van der Waals surface area contributed by atoms with Crippen LogP contribution in [0.2, 0.25) is 0 Å². The molecule has 0 N–H and O–H groups in total. The van der Waals surface area contributed by atoms with E-state index in [-0.39, 0.29) is 17.0 Å². The topological polar surface area (TPSA) is 9.23 Å². The fourth-order valence-electron chi connectivity index (χ4n) is 5.98. The average molecular weight is 467 g/mol. The summed E-state index contributed by atoms with van der Waals surface area (Å²) in [6.07, 6.45) is 11.0. The largest absolute Gasteiger partial charge is 0.429 e. The summed E-state index contributed by atoms with van der Waals surface area (Å²) in [7, 11) is 0. The number of unbranched alkanes of at least 4 members (excludes halogenated alkanes) is 1. The van der Waals surface area contributed by atoms with Gasteiger partial charge in [-0.3, -0.25) is 0 Å². The summed E-state index contributed by atoms with van der Waals surface area (Å²) in [5, 5.41) is 0. The van der Waals surface area contributed by atoms with Crippen LogP contribution in [-0.2, 0) is 0 Å². The summed E-state index contributed by atoms with van der Waals surface area (Å²) in [5.74, 6) is -1.69. The molecule has 0 spiro atoms. The molecule has 1 nitrogen and oxygen atoms in total. The summed E-state index contributed by atoms with van der Waals surface area (Å²) in [6, 6.07) is 6.46. The molecule has 4 atom stereocenters. The van der Waals surface area contributed by atoms with Crippen LogP contribution >= 0.6 is 0 Å². The predicted octanol–water partition coefficient (Wildman–Crippen LogP) is 8.86. The van der Waals surface area contributed by atoms with Crippen molar-refractivity contribution in [3.05, 3.63) is 53.3 Å². The maximum Gasteiger partial charge on any atom is 0.387 e. The van der Waals surface area contributed by atoms with E-state index in [1.165, 1.54) is 57.1 Å². The van der Waals surface area contributed by atoms with Gasteiger partial charge < -0.3 is 4.74 Å². The first kappa shape index (κ1) is 24.0. The maximum absolute atomic E-state index is 15.0. The van der Waals surface area contributed by atoms with Crippen molar-refractivity contribution in [2.75, 3.05) is 0 Å². The molecule has 2 saturated carbocycles. The first-order valence-corrected chi connectivity index (χ1v) is 12.1. The van der Waals surface area contributed by atoms with Gasteiger partial charge in [-0.05, 0) is 85.1 Å². The molecule has 180 valence electrons. The standard InChI is InChI=1S/C27H31F5O/c1-2-3-4-16-5-6-18-12-19(8-7-17(18)11-16)20-9-10-22(23(28)13-20)21-14-24(29)26(25(30)15-21)33-27(31)32/h9-10,13-19,27H,2-8,11-12H2,1H3/t16?,17-,18-,19-/m1/s1. The highest BCUT2D eigenvalue weighted by Crippen LogP contribution is 2.48. The second-order valence-corrected chi connectivity index (χ2v) is 9.74. The molecule has 2 aromatic carbocycles. The van der Waals surface area contributed by atoms with Crippen molar-refractivity contribution in [2.24, 2.45) is 17.8 Å². The lowest BCUT2D eigenvalue weighted by Gasteiger charge is -2.42. The Balaban J connectivity index is 1.46. The molecule has 2 aromatic rings. The number of benzene rings is 2. The Morgan fingerprint density at radius 2 is 1.58 bits per heavy atom. The lowest BCUT2D eigenvalue weighted by Crippen LogP contribution is -2.30. The number of halogens is 5. The van der Waals surface area contributed by atoms with E-state index in [2.05, 4.69) is 11.7 Å². The molecule has 0 heterocycles. The van der Waals surface area contributed by atoms with Gasteiger partial charge in [0.25, 0.3) is 0 Å². The third-order valence-corrected chi connectivity index (χ3v) is 7.67. The summed E-state index contributed by atoms with van der Waals surface area (Å²) < 4.78 is 71.7. The highest BCUT2D eigenvalue weighted by atomic mass is 19.3. The molecular formula is C27H31F5O. The molecule has 0 bridgehead atoms. The number of ether oxygens (including phenoxy) is 1. The van der Waals surface area contributed by atoms with Crippen LogP contribution in [0.5, 0.6) is 5.75 Å². The van der Waals surface area contributed by atoms with Crippen molar-refractivity contribution < 1.29 is 26.7 Å². The van der Waals surface area contributed by atoms with Gasteiger partial charge in [0, 0.05) is 5.56 Å². The minimum absolute atomic E-state index is 0.0327. The van der Waals surface area contributed by atoms with Crippen molar-refractivity contribution in [3.63, 3.8) is 0 Å². The van der Waals surface area contributed by atoms with Crippen molar-refractivity contribution in [1.29, 1.82) is 0 Å². The van der Waals surface area contributed by atoms with Crippen LogP contribution in [0, 0.1) is 35.2 Å². The molecule has 0 saturated heterocycles. The van der Waals surface area contributed by atoms with Crippen molar-refractivity contribution >= 4 is 0 Å². The first-order valence-electron chi connectivity index (χ1n) is 12.1. The highest BCUT2D eigenvalue weighted by Gasteiger charge is 2.36. The SMILES string of the molecule is CCCCC1CC[C@@H]2C[C@H](c3ccc(-c4cc(F)c(OC(F)F)c(F)c4)c(F)c3)CC[C@@H]2C1. The lowest BCUT2D eigenvalue weighted by atomic mass is 9.63. The summed E-state index contributed by atoms with van der Waals surface area (Å²) in [6.45, 7) is -1.11. The fraction of sp³-hybridized carbons (Fsp3) is 0.556. The Hall–Kier alpha value is -2.11. The van der Waals surface area contributed by atoms with Gasteiger partial charge in [0.2, 0.25) is 0 Å². The molecule has 4 rings (SSSR count). The van der Waals surface area contributed by atoms with Crippen molar-refractivity contribution in [1.82, 2.24) is 0 Å². The molecule has 2 aliphatic rings. The van der Waals surface area contributed by atoms with E-state index >= 15 is 0 Å². The highest BCUT2D eigenvalue weighted by molar-refractivity contribution is 5.66. The second kappa shape index (κ2) is 10.4. The number of rotatable bonds is 7. The Morgan fingerprint density at radius 1 is 0.879 bits per heavy atom. The number of alkyl halides is 2. The van der Waals surface area contributed by atoms with E-state index in [1.807, 2.05) is 6.07 Å². The molecule has 6 heteroatoms. The Labute approximate surface area is 192 Å². The van der Waals surface area contributed by atoms with E-state index in [4.69, 9.17) is 0 Å². The molecule has 2 aliphatic carbocycles. The van der Waals surface area contributed by atoms with Crippen molar-refractivity contribution in [3.8, 4) is 16.9 Å². The predicted molar refractivity (Wildman–Crippen MR) is 119 cm³/mol. The zero-order valence-corrected chi connectivity index (χ0v) is 18.9. The van der Waals surface area contributed by atoms with E-state index in [9.17, 15) is 22.0 Å². The monoisotopic (exact) mass is 466 g/mol. The molecule has 1 unspecified atom stereocenters. The summed E-state index contributed by atoms with van der Waals surface area (Å²) in [5.41, 5.74) is 0.899. The van der Waals surface area contributed by atoms with E-state index in [1.54, 1.807) is 0 Å². The zero-order chi connectivity index (χ0) is 23.5. The molecule has 0 amide bonds. The van der Waals surface area contributed by atoms with Gasteiger partial charge in [0.05, 0.1) is 0 Å². The van der Waals surface area contributed by atoms with Gasteiger partial charge in [-0.1, -0.05) is 44.7 Å². The van der Waals surface area contributed by atoms with Crippen LogP contribution in [0.1, 0.15) is 76.2 Å². The van der Waals surface area contributed by atoms with E-state index in [0.717, 1.165) is 42.4 Å². The number of fused-ring (bicyclic) bond motifs is 1. The van der Waals surface area contributed by atoms with Crippen LogP contribution in [0.3, 0.4) is 0 Å². The minimum atomic E-state index is -3.35. The molecule has 33 heavy (non-hydrogen) atoms. The van der Waals surface area contributed by atoms with Crippen LogP contribution < -0.4 is 4.74 Å². The zero-order valence-electron chi connectivity index (χ0n) is 18.9. The summed E-state index contributed by atoms with van der Waals surface area (Å²) >= 11 is 0. The molecule has 0 aliphatic heterocycles. The van der Waals surface area contributed by atoms with Gasteiger partial charge in [-0.2, -0.15) is 8.78 Å². The third kappa shape index (κ3) is 5.52. The number of hydrogen-bond donors (Lipinski definition) is 0. The normalized spacial score (nSPS) is 25.2. The first-order chi connectivity index (χ1) is 15.9. The third-order valence-electron chi connectivity index (χ3n) is 7.67. The quantitative estimate of drug-likeness (QED) is 0.370. The Kier molecular flexibility index (Phi) is 7.60. The molecule has 0 radical (unpaired) electrons. The van der Waals surface area contributed by atoms with Crippen LogP contribution in [0.4, 0.5) is 22.0 Å². The molecular weight excluding hydrogens is 435 g/mol. The van der Waals surface area contributed by atoms with Crippen molar-refractivity contribution in [2.45, 2.75) is 77.2 Å². The van der Waals surface area contributed by atoms with Crippen LogP contribution in [-0.4, -0.2) is 6.61 Å². The average Bonchev–Trinajstić information content (AvgIpc) is 2.79. The van der Waals surface area contributed by atoms with Gasteiger partial charge in [-0.15, -0.1) is 0 Å². The Morgan fingerprint density at radius 3 is 2.24 bits per heavy atom. The van der Waals surface area contributed by atoms with E-state index in [0.29, 0.717) is 5.92 Å². The molecule has 0 aromatic heterocycles. The van der Waals surface area contributed by atoms with Crippen LogP contribution in [0.15, 0.2) is 30.3 Å². The van der Waals surface area contributed by atoms with Gasteiger partial charge in [0.1, 0.15) is 5.82 Å². The number of hydrogen-bond acceptors (Lipinski definition) is 1. The van der Waals surface area contributed by atoms with Gasteiger partial charge in [-0.25, -0.2) is 13.2 Å². The minimum Gasteiger partial charge on any atom is -0.429 e. The van der Waals surface area contributed by atoms with Crippen LogP contribution in [0.25, 0.3) is 11.1 Å². The molecule has 2 fully saturated rings. The Bertz CT molecular complexity index is 937. The maximum atomic E-state index is 15.0. The van der Waals surface area contributed by atoms with Gasteiger partial charge in [0.15, 0.2) is 17.4 Å². The lowest BCUT2D eigenvalue weighted by molar-refractivity contribution is -0.0546. The van der Waals surface area contributed by atoms with E-state index < -0.39 is 29.8 Å². The summed E-state index contributed by atoms with van der Waals surface area (Å²) in [4.78, 5) is 0. The fourth-order valence-corrected chi connectivity index (χ4v) is 5.98. The van der Waals surface area contributed by atoms with Gasteiger partial charge >= 0.3 is 6.61 Å². The smallest absolute Gasteiger partial charge is 0.387 e. The second-order valence-electron chi connectivity index (χ2n) is 9.74.